The molecule has 1 aromatic heterocycles. The molecular formula is C29H33ClN2O3. The van der Waals surface area contributed by atoms with Gasteiger partial charge in [0.2, 0.25) is 5.91 Å². The third-order valence-electron chi connectivity index (χ3n) is 7.53. The molecule has 2 aliphatic rings. The van der Waals surface area contributed by atoms with E-state index in [9.17, 15) is 4.79 Å². The Morgan fingerprint density at radius 2 is 1.77 bits per heavy atom. The summed E-state index contributed by atoms with van der Waals surface area (Å²) < 4.78 is 11.5. The van der Waals surface area contributed by atoms with Crippen molar-refractivity contribution in [2.75, 3.05) is 33.3 Å². The second kappa shape index (κ2) is 10.5. The number of carbonyl (C=O) groups excluding carboxylic acids is 1. The number of benzene rings is 2. The summed E-state index contributed by atoms with van der Waals surface area (Å²) in [7, 11) is 1.65. The number of hydrogen-bond acceptors (Lipinski definition) is 4. The van der Waals surface area contributed by atoms with E-state index in [4.69, 9.17) is 20.8 Å². The summed E-state index contributed by atoms with van der Waals surface area (Å²) in [6.07, 6.45) is 10.2. The summed E-state index contributed by atoms with van der Waals surface area (Å²) in [5, 5.41) is 1.67. The van der Waals surface area contributed by atoms with Crippen LogP contribution < -0.4 is 4.74 Å². The summed E-state index contributed by atoms with van der Waals surface area (Å²) >= 11 is 6.07. The maximum Gasteiger partial charge on any atom is 0.246 e. The quantitative estimate of drug-likeness (QED) is 0.374. The zero-order valence-corrected chi connectivity index (χ0v) is 21.3. The first-order chi connectivity index (χ1) is 17.0. The lowest BCUT2D eigenvalue weighted by Gasteiger charge is -2.40. The Balaban J connectivity index is 1.36. The number of rotatable bonds is 5. The molecule has 2 aromatic carbocycles. The highest BCUT2D eigenvalue weighted by Crippen LogP contribution is 2.37. The zero-order valence-electron chi connectivity index (χ0n) is 20.6. The molecule has 1 saturated carbocycles. The van der Waals surface area contributed by atoms with Crippen LogP contribution in [0.5, 0.6) is 5.75 Å². The number of nitrogens with zero attached hydrogens (tertiary/aromatic N) is 2. The molecule has 1 amide bonds. The van der Waals surface area contributed by atoms with Gasteiger partial charge in [-0.05, 0) is 49.1 Å². The van der Waals surface area contributed by atoms with E-state index in [0.29, 0.717) is 16.8 Å². The van der Waals surface area contributed by atoms with E-state index in [1.165, 1.54) is 32.1 Å². The van der Waals surface area contributed by atoms with Gasteiger partial charge in [-0.15, -0.1) is 0 Å². The van der Waals surface area contributed by atoms with Crippen LogP contribution in [0.3, 0.4) is 0 Å². The van der Waals surface area contributed by atoms with Crippen molar-refractivity contribution < 1.29 is 13.9 Å². The van der Waals surface area contributed by atoms with Crippen molar-refractivity contribution in [1.29, 1.82) is 0 Å². The van der Waals surface area contributed by atoms with Gasteiger partial charge in [0.1, 0.15) is 11.3 Å². The van der Waals surface area contributed by atoms with Crippen LogP contribution in [-0.4, -0.2) is 55.0 Å². The monoisotopic (exact) mass is 492 g/mol. The number of halogens is 1. The van der Waals surface area contributed by atoms with Crippen molar-refractivity contribution in [3.63, 3.8) is 0 Å². The van der Waals surface area contributed by atoms with Gasteiger partial charge in [-0.3, -0.25) is 9.69 Å². The summed E-state index contributed by atoms with van der Waals surface area (Å²) in [6.45, 7) is 5.49. The van der Waals surface area contributed by atoms with Crippen molar-refractivity contribution in [3.8, 4) is 16.9 Å². The SMILES string of the molecule is COc1cc2occ(-c3ccc(Cl)cc3)c2cc1/C(C)=C/C(=O)N1CCN(C2CCCCC2)CC1. The number of piperazine rings is 1. The Kier molecular flexibility index (Phi) is 7.17. The van der Waals surface area contributed by atoms with Crippen LogP contribution in [0.25, 0.3) is 27.7 Å². The lowest BCUT2D eigenvalue weighted by molar-refractivity contribution is -0.128. The highest BCUT2D eigenvalue weighted by Gasteiger charge is 2.26. The van der Waals surface area contributed by atoms with Crippen LogP contribution in [0.4, 0.5) is 0 Å². The predicted molar refractivity (Wildman–Crippen MR) is 142 cm³/mol. The molecule has 1 aliphatic heterocycles. The Labute approximate surface area is 212 Å². The second-order valence-corrected chi connectivity index (χ2v) is 10.1. The first-order valence-corrected chi connectivity index (χ1v) is 13.0. The molecule has 5 rings (SSSR count). The average molecular weight is 493 g/mol. The Morgan fingerprint density at radius 1 is 1.06 bits per heavy atom. The van der Waals surface area contributed by atoms with E-state index in [2.05, 4.69) is 11.0 Å². The van der Waals surface area contributed by atoms with Gasteiger partial charge in [-0.25, -0.2) is 0 Å². The molecule has 0 unspecified atom stereocenters. The minimum absolute atomic E-state index is 0.0677. The number of amides is 1. The largest absolute Gasteiger partial charge is 0.496 e. The Hall–Kier alpha value is -2.76. The van der Waals surface area contributed by atoms with Gasteiger partial charge in [-0.2, -0.15) is 0 Å². The fourth-order valence-corrected chi connectivity index (χ4v) is 5.62. The molecule has 184 valence electrons. The van der Waals surface area contributed by atoms with Gasteiger partial charge in [0.05, 0.1) is 13.4 Å². The summed E-state index contributed by atoms with van der Waals surface area (Å²) in [5.41, 5.74) is 4.53. The van der Waals surface area contributed by atoms with Gasteiger partial charge < -0.3 is 14.1 Å². The summed E-state index contributed by atoms with van der Waals surface area (Å²) in [4.78, 5) is 17.7. The molecule has 5 nitrogen and oxygen atoms in total. The first kappa shape index (κ1) is 24.0. The highest BCUT2D eigenvalue weighted by molar-refractivity contribution is 6.30. The topological polar surface area (TPSA) is 45.9 Å². The summed E-state index contributed by atoms with van der Waals surface area (Å²) in [5.74, 6) is 0.760. The minimum Gasteiger partial charge on any atom is -0.496 e. The number of allylic oxidation sites excluding steroid dienone is 1. The van der Waals surface area contributed by atoms with E-state index in [0.717, 1.165) is 59.4 Å². The Morgan fingerprint density at radius 3 is 2.46 bits per heavy atom. The number of carbonyl (C=O) groups is 1. The molecule has 0 spiro atoms. The first-order valence-electron chi connectivity index (χ1n) is 12.6. The molecule has 1 saturated heterocycles. The van der Waals surface area contributed by atoms with E-state index in [1.807, 2.05) is 42.2 Å². The number of fused-ring (bicyclic) bond motifs is 1. The van der Waals surface area contributed by atoms with Gasteiger partial charge >= 0.3 is 0 Å². The average Bonchev–Trinajstić information content (AvgIpc) is 3.31. The molecule has 0 bridgehead atoms. The fraction of sp³-hybridized carbons (Fsp3) is 0.414. The van der Waals surface area contributed by atoms with Gasteiger partial charge in [0.15, 0.2) is 0 Å². The van der Waals surface area contributed by atoms with Crippen LogP contribution >= 0.6 is 11.6 Å². The van der Waals surface area contributed by atoms with Gasteiger partial charge in [-0.1, -0.05) is 43.0 Å². The molecule has 35 heavy (non-hydrogen) atoms. The van der Waals surface area contributed by atoms with Crippen LogP contribution in [0.15, 0.2) is 53.2 Å². The fourth-order valence-electron chi connectivity index (χ4n) is 5.49. The molecule has 2 heterocycles. The third-order valence-corrected chi connectivity index (χ3v) is 7.78. The van der Waals surface area contributed by atoms with Crippen LogP contribution in [0, 0.1) is 0 Å². The van der Waals surface area contributed by atoms with E-state index < -0.39 is 0 Å². The molecule has 0 atom stereocenters. The summed E-state index contributed by atoms with van der Waals surface area (Å²) in [6, 6.07) is 12.4. The lowest BCUT2D eigenvalue weighted by atomic mass is 9.94. The maximum absolute atomic E-state index is 13.2. The number of ether oxygens (including phenoxy) is 1. The minimum atomic E-state index is 0.0677. The van der Waals surface area contributed by atoms with Gasteiger partial charge in [0, 0.05) is 65.9 Å². The van der Waals surface area contributed by atoms with Crippen molar-refractivity contribution >= 4 is 34.1 Å². The molecular weight excluding hydrogens is 460 g/mol. The molecule has 3 aromatic rings. The van der Waals surface area contributed by atoms with Gasteiger partial charge in [0.25, 0.3) is 0 Å². The van der Waals surface area contributed by atoms with E-state index in [1.54, 1.807) is 19.4 Å². The molecule has 1 aliphatic carbocycles. The smallest absolute Gasteiger partial charge is 0.246 e. The lowest BCUT2D eigenvalue weighted by Crippen LogP contribution is -2.52. The van der Waals surface area contributed by atoms with E-state index in [-0.39, 0.29) is 5.91 Å². The molecule has 0 N–H and O–H groups in total. The van der Waals surface area contributed by atoms with E-state index >= 15 is 0 Å². The molecule has 0 radical (unpaired) electrons. The van der Waals surface area contributed by atoms with Crippen LogP contribution in [0.2, 0.25) is 5.02 Å². The van der Waals surface area contributed by atoms with Crippen molar-refractivity contribution in [2.45, 2.75) is 45.1 Å². The zero-order chi connectivity index (χ0) is 24.4. The number of hydrogen-bond donors (Lipinski definition) is 0. The van der Waals surface area contributed by atoms with Crippen molar-refractivity contribution in [3.05, 3.63) is 59.3 Å². The molecule has 2 fully saturated rings. The van der Waals surface area contributed by atoms with Crippen LogP contribution in [0.1, 0.15) is 44.6 Å². The number of methoxy groups -OCH3 is 1. The third kappa shape index (κ3) is 5.12. The standard InChI is InChI=1S/C29H33ClN2O3/c1-20(16-29(33)32-14-12-31(13-15-32)23-6-4-3-5-7-23)24-17-25-26(21-8-10-22(30)11-9-21)19-35-28(25)18-27(24)34-2/h8-11,16-19,23H,3-7,12-15H2,1-2H3/b20-16+. The Bertz CT molecular complexity index is 1220. The normalized spacial score (nSPS) is 18.3. The molecule has 6 heteroatoms. The van der Waals surface area contributed by atoms with Crippen molar-refractivity contribution in [1.82, 2.24) is 9.80 Å². The van der Waals surface area contributed by atoms with Crippen molar-refractivity contribution in [2.24, 2.45) is 0 Å². The second-order valence-electron chi connectivity index (χ2n) is 9.69. The maximum atomic E-state index is 13.2. The highest BCUT2D eigenvalue weighted by atomic mass is 35.5. The predicted octanol–water partition coefficient (Wildman–Crippen LogP) is 6.64. The number of furan rings is 1. The van der Waals surface area contributed by atoms with Crippen LogP contribution in [-0.2, 0) is 4.79 Å².